The molecule has 0 spiro atoms. The summed E-state index contributed by atoms with van der Waals surface area (Å²) in [5.41, 5.74) is 1.10. The molecule has 5 heteroatoms. The molecule has 1 saturated heterocycles. The van der Waals surface area contributed by atoms with Gasteiger partial charge >= 0.3 is 6.09 Å². The Morgan fingerprint density at radius 2 is 2.00 bits per heavy atom. The van der Waals surface area contributed by atoms with Crippen molar-refractivity contribution in [2.24, 2.45) is 0 Å². The number of ether oxygens (including phenoxy) is 2. The Morgan fingerprint density at radius 3 is 2.62 bits per heavy atom. The summed E-state index contributed by atoms with van der Waals surface area (Å²) in [6.45, 7) is 7.05. The van der Waals surface area contributed by atoms with Crippen LogP contribution in [0, 0.1) is 0 Å². The number of nitrogens with one attached hydrogen (secondary N) is 2. The maximum absolute atomic E-state index is 11.9. The van der Waals surface area contributed by atoms with Gasteiger partial charge in [0, 0.05) is 12.6 Å². The van der Waals surface area contributed by atoms with Crippen molar-refractivity contribution < 1.29 is 14.3 Å². The summed E-state index contributed by atoms with van der Waals surface area (Å²) in [6.07, 6.45) is 1.68. The molecule has 21 heavy (non-hydrogen) atoms. The molecule has 0 radical (unpaired) electrons. The highest BCUT2D eigenvalue weighted by molar-refractivity contribution is 5.89. The highest BCUT2D eigenvalue weighted by Crippen LogP contribution is 2.24. The van der Waals surface area contributed by atoms with Crippen molar-refractivity contribution in [3.63, 3.8) is 0 Å². The van der Waals surface area contributed by atoms with E-state index in [9.17, 15) is 4.79 Å². The standard InChI is InChI=1S/C16H24N2O3/c1-16(2,3)21-15(19)18-14-9-5-4-8-13(14)17-12-7-6-10-20-11-12/h4-5,8-9,12,17H,6-7,10-11H2,1-3H3,(H,18,19). The van der Waals surface area contributed by atoms with Crippen molar-refractivity contribution in [3.05, 3.63) is 24.3 Å². The van der Waals surface area contributed by atoms with Crippen LogP contribution in [-0.2, 0) is 9.47 Å². The zero-order valence-corrected chi connectivity index (χ0v) is 12.9. The number of hydrogen-bond acceptors (Lipinski definition) is 4. The largest absolute Gasteiger partial charge is 0.444 e. The number of para-hydroxylation sites is 2. The van der Waals surface area contributed by atoms with E-state index in [-0.39, 0.29) is 6.04 Å². The lowest BCUT2D eigenvalue weighted by Crippen LogP contribution is -2.31. The minimum atomic E-state index is -0.510. The molecule has 1 fully saturated rings. The normalized spacial score (nSPS) is 18.9. The quantitative estimate of drug-likeness (QED) is 0.893. The lowest BCUT2D eigenvalue weighted by atomic mass is 10.1. The lowest BCUT2D eigenvalue weighted by molar-refractivity contribution is 0.0636. The number of hydrogen-bond donors (Lipinski definition) is 2. The van der Waals surface area contributed by atoms with E-state index in [2.05, 4.69) is 10.6 Å². The number of amides is 1. The Labute approximate surface area is 126 Å². The maximum Gasteiger partial charge on any atom is 0.412 e. The first kappa shape index (κ1) is 15.6. The van der Waals surface area contributed by atoms with E-state index in [1.165, 1.54) is 0 Å². The van der Waals surface area contributed by atoms with Crippen molar-refractivity contribution in [2.45, 2.75) is 45.3 Å². The minimum absolute atomic E-state index is 0.278. The van der Waals surface area contributed by atoms with Crippen molar-refractivity contribution in [3.8, 4) is 0 Å². The third-order valence-corrected chi connectivity index (χ3v) is 3.08. The molecule has 2 rings (SSSR count). The van der Waals surface area contributed by atoms with Gasteiger partial charge in [-0.25, -0.2) is 4.79 Å². The van der Waals surface area contributed by atoms with E-state index in [0.29, 0.717) is 6.61 Å². The molecule has 0 aromatic heterocycles. The summed E-state index contributed by atoms with van der Waals surface area (Å²) in [4.78, 5) is 11.9. The lowest BCUT2D eigenvalue weighted by Gasteiger charge is -2.26. The summed E-state index contributed by atoms with van der Waals surface area (Å²) in [7, 11) is 0. The number of anilines is 2. The molecule has 0 bridgehead atoms. The van der Waals surface area contributed by atoms with E-state index in [0.717, 1.165) is 30.8 Å². The fourth-order valence-electron chi connectivity index (χ4n) is 2.21. The van der Waals surface area contributed by atoms with Gasteiger partial charge < -0.3 is 14.8 Å². The van der Waals surface area contributed by atoms with Gasteiger partial charge in [0.2, 0.25) is 0 Å². The van der Waals surface area contributed by atoms with Gasteiger partial charge in [-0.05, 0) is 45.7 Å². The highest BCUT2D eigenvalue weighted by atomic mass is 16.6. The predicted octanol–water partition coefficient (Wildman–Crippen LogP) is 3.62. The Morgan fingerprint density at radius 1 is 1.29 bits per heavy atom. The third kappa shape index (κ3) is 5.27. The summed E-state index contributed by atoms with van der Waals surface area (Å²) in [5, 5.41) is 6.21. The smallest absolute Gasteiger partial charge is 0.412 e. The van der Waals surface area contributed by atoms with Gasteiger partial charge in [-0.2, -0.15) is 0 Å². The molecule has 1 aliphatic heterocycles. The van der Waals surface area contributed by atoms with Gasteiger partial charge in [0.1, 0.15) is 5.60 Å². The molecule has 5 nitrogen and oxygen atoms in total. The van der Waals surface area contributed by atoms with Crippen molar-refractivity contribution in [1.82, 2.24) is 0 Å². The molecular formula is C16H24N2O3. The molecule has 1 amide bonds. The number of carbonyl (C=O) groups is 1. The number of carbonyl (C=O) groups excluding carboxylic acids is 1. The van der Waals surface area contributed by atoms with Crippen LogP contribution in [0.15, 0.2) is 24.3 Å². The Kier molecular flexibility index (Phi) is 5.07. The monoisotopic (exact) mass is 292 g/mol. The SMILES string of the molecule is CC(C)(C)OC(=O)Nc1ccccc1NC1CCCOC1. The number of rotatable bonds is 3. The first-order valence-electron chi connectivity index (χ1n) is 7.37. The zero-order chi connectivity index (χ0) is 15.3. The van der Waals surface area contributed by atoms with E-state index in [1.807, 2.05) is 45.0 Å². The molecule has 1 aliphatic rings. The van der Waals surface area contributed by atoms with Gasteiger partial charge in [0.25, 0.3) is 0 Å². The van der Waals surface area contributed by atoms with Crippen LogP contribution in [0.2, 0.25) is 0 Å². The van der Waals surface area contributed by atoms with E-state index in [1.54, 1.807) is 0 Å². The van der Waals surface area contributed by atoms with Crippen molar-refractivity contribution in [1.29, 1.82) is 0 Å². The average Bonchev–Trinajstić information content (AvgIpc) is 2.40. The van der Waals surface area contributed by atoms with Crippen LogP contribution in [0.1, 0.15) is 33.6 Å². The number of benzene rings is 1. The Bertz CT molecular complexity index is 477. The highest BCUT2D eigenvalue weighted by Gasteiger charge is 2.18. The third-order valence-electron chi connectivity index (χ3n) is 3.08. The van der Waals surface area contributed by atoms with E-state index in [4.69, 9.17) is 9.47 Å². The summed E-state index contributed by atoms with van der Waals surface area (Å²) >= 11 is 0. The fraction of sp³-hybridized carbons (Fsp3) is 0.562. The fourth-order valence-corrected chi connectivity index (χ4v) is 2.21. The Balaban J connectivity index is 2.00. The van der Waals surface area contributed by atoms with Crippen molar-refractivity contribution >= 4 is 17.5 Å². The maximum atomic E-state index is 11.9. The second-order valence-electron chi connectivity index (χ2n) is 6.23. The average molecular weight is 292 g/mol. The summed E-state index contributed by atoms with van der Waals surface area (Å²) in [6, 6.07) is 7.90. The van der Waals surface area contributed by atoms with Crippen molar-refractivity contribution in [2.75, 3.05) is 23.8 Å². The second-order valence-corrected chi connectivity index (χ2v) is 6.23. The summed E-state index contributed by atoms with van der Waals surface area (Å²) in [5.74, 6) is 0. The first-order chi connectivity index (χ1) is 9.94. The van der Waals surface area contributed by atoms with Crippen LogP contribution in [0.5, 0.6) is 0 Å². The second kappa shape index (κ2) is 6.80. The summed E-state index contributed by atoms with van der Waals surface area (Å²) < 4.78 is 10.8. The molecule has 1 aromatic carbocycles. The van der Waals surface area contributed by atoms with E-state index >= 15 is 0 Å². The molecule has 0 saturated carbocycles. The van der Waals surface area contributed by atoms with Crippen LogP contribution < -0.4 is 10.6 Å². The Hall–Kier alpha value is -1.75. The van der Waals surface area contributed by atoms with E-state index < -0.39 is 11.7 Å². The topological polar surface area (TPSA) is 59.6 Å². The molecule has 1 unspecified atom stereocenters. The van der Waals surface area contributed by atoms with Crippen LogP contribution in [0.3, 0.4) is 0 Å². The minimum Gasteiger partial charge on any atom is -0.444 e. The molecular weight excluding hydrogens is 268 g/mol. The van der Waals surface area contributed by atoms with Crippen LogP contribution in [0.25, 0.3) is 0 Å². The molecule has 1 atom stereocenters. The zero-order valence-electron chi connectivity index (χ0n) is 12.9. The van der Waals surface area contributed by atoms with Gasteiger partial charge in [-0.1, -0.05) is 12.1 Å². The molecule has 1 aromatic rings. The van der Waals surface area contributed by atoms with Crippen LogP contribution >= 0.6 is 0 Å². The van der Waals surface area contributed by atoms with Gasteiger partial charge in [0.15, 0.2) is 0 Å². The van der Waals surface area contributed by atoms with Crippen LogP contribution in [0.4, 0.5) is 16.2 Å². The van der Waals surface area contributed by atoms with Gasteiger partial charge in [0.05, 0.1) is 18.0 Å². The van der Waals surface area contributed by atoms with Crippen LogP contribution in [-0.4, -0.2) is 30.9 Å². The van der Waals surface area contributed by atoms with Gasteiger partial charge in [-0.15, -0.1) is 0 Å². The first-order valence-corrected chi connectivity index (χ1v) is 7.37. The molecule has 116 valence electrons. The van der Waals surface area contributed by atoms with Gasteiger partial charge in [-0.3, -0.25) is 5.32 Å². The molecule has 1 heterocycles. The molecule has 0 aliphatic carbocycles. The predicted molar refractivity (Wildman–Crippen MR) is 83.8 cm³/mol. The molecule has 2 N–H and O–H groups in total.